The number of unbranched alkanes of at least 4 members (excludes halogenated alkanes) is 40. The molecule has 488 valence electrons. The van der Waals surface area contributed by atoms with Crippen LogP contribution in [-0.2, 0) is 25.7 Å². The molecule has 0 fully saturated rings. The summed E-state index contributed by atoms with van der Waals surface area (Å²) >= 11 is 16.9. The topological polar surface area (TPSA) is 0 Å². The van der Waals surface area contributed by atoms with E-state index < -0.39 is 0 Å². The van der Waals surface area contributed by atoms with Gasteiger partial charge in [0.05, 0.1) is 28.2 Å². The van der Waals surface area contributed by atoms with E-state index in [0.717, 1.165) is 0 Å². The minimum atomic E-state index is 1.19. The minimum Gasteiger partial charge on any atom is -0.139 e. The first-order valence-corrected chi connectivity index (χ1v) is 43.8. The van der Waals surface area contributed by atoms with Crippen molar-refractivity contribution in [1.29, 1.82) is 0 Å². The van der Waals surface area contributed by atoms with Gasteiger partial charge in [-0.25, -0.2) is 0 Å². The maximum absolute atomic E-state index is 2.72. The van der Waals surface area contributed by atoms with E-state index in [1.54, 1.807) is 70.0 Å². The average molecular weight is 1340 g/mol. The number of thiophene rings is 8. The smallest absolute Gasteiger partial charge is 0.0651 e. The van der Waals surface area contributed by atoms with Crippen LogP contribution in [0.5, 0.6) is 0 Å². The van der Waals surface area contributed by atoms with Gasteiger partial charge in [0.2, 0.25) is 0 Å². The summed E-state index contributed by atoms with van der Waals surface area (Å²) in [6, 6.07) is 15.1. The van der Waals surface area contributed by atoms with E-state index >= 15 is 0 Å². The van der Waals surface area contributed by atoms with Crippen LogP contribution in [0.2, 0.25) is 0 Å². The predicted molar refractivity (Wildman–Crippen MR) is 414 cm³/mol. The quantitative estimate of drug-likeness (QED) is 0.0333. The van der Waals surface area contributed by atoms with E-state index in [9.17, 15) is 0 Å². The lowest BCUT2D eigenvalue weighted by Crippen LogP contribution is -1.88. The molecule has 0 radical (unpaired) electrons. The van der Waals surface area contributed by atoms with Gasteiger partial charge in [-0.1, -0.05) is 285 Å². The molecule has 0 atom stereocenters. The Morgan fingerprint density at radius 3 is 0.943 bits per heavy atom. The zero-order valence-corrected chi connectivity index (χ0v) is 63.2. The van der Waals surface area contributed by atoms with E-state index in [4.69, 9.17) is 0 Å². The number of rotatable bonds is 52. The number of fused-ring (bicyclic) bond motifs is 5. The van der Waals surface area contributed by atoms with E-state index in [1.165, 1.54) is 337 Å². The van der Waals surface area contributed by atoms with Crippen molar-refractivity contribution in [1.82, 2.24) is 0 Å². The third-order valence-corrected chi connectivity index (χ3v) is 29.9. The summed E-state index contributed by atoms with van der Waals surface area (Å²) < 4.78 is 9.68. The van der Waals surface area contributed by atoms with Crippen LogP contribution < -0.4 is 0 Å². The summed E-state index contributed by atoms with van der Waals surface area (Å²) in [5.41, 5.74) is 6.56. The Morgan fingerprint density at radius 1 is 0.227 bits per heavy atom. The summed E-state index contributed by atoms with van der Waals surface area (Å²) in [6.45, 7) is 14.1. The van der Waals surface area contributed by atoms with E-state index in [0.29, 0.717) is 0 Å². The minimum absolute atomic E-state index is 1.19. The van der Waals surface area contributed by atoms with Crippen LogP contribution in [0.25, 0.3) is 67.2 Å². The SMILES string of the molecule is CCCCCCCCCCCCCc1cc(C)sc1-c1ccc(-c2ccc(-c3sc(-c4sc5c(sc6c7sc(C)c(CCCCCCCCCCCCC)c7sc56)c4CCCCCCCCCCCCC)cc3CCCCCCCCCCCCC)s2)s1. The molecule has 0 unspecified atom stereocenters. The Kier molecular flexibility index (Phi) is 34.4. The number of hydrogen-bond donors (Lipinski definition) is 0. The molecule has 0 N–H and O–H groups in total. The van der Waals surface area contributed by atoms with Crippen LogP contribution in [0.4, 0.5) is 0 Å². The van der Waals surface area contributed by atoms with Crippen molar-refractivity contribution >= 4 is 119 Å². The van der Waals surface area contributed by atoms with Gasteiger partial charge in [-0.05, 0) is 124 Å². The fourth-order valence-corrected chi connectivity index (χ4v) is 24.8. The molecule has 0 saturated carbocycles. The van der Waals surface area contributed by atoms with Crippen LogP contribution >= 0.6 is 90.7 Å². The predicted octanol–water partition coefficient (Wildman–Crippen LogP) is 32.3. The van der Waals surface area contributed by atoms with Gasteiger partial charge in [0.1, 0.15) is 0 Å². The molecule has 0 aliphatic rings. The Bertz CT molecular complexity index is 3100. The Hall–Kier alpha value is -1.62. The zero-order valence-electron chi connectivity index (χ0n) is 56.7. The van der Waals surface area contributed by atoms with Crippen molar-refractivity contribution in [3.05, 3.63) is 68.4 Å². The molecule has 0 amide bonds. The van der Waals surface area contributed by atoms with Crippen molar-refractivity contribution in [3.63, 3.8) is 0 Å². The van der Waals surface area contributed by atoms with Crippen molar-refractivity contribution in [3.8, 4) is 39.0 Å². The highest BCUT2D eigenvalue weighted by molar-refractivity contribution is 7.45. The molecule has 0 aliphatic carbocycles. The van der Waals surface area contributed by atoms with Gasteiger partial charge in [0.15, 0.2) is 0 Å². The van der Waals surface area contributed by atoms with Crippen LogP contribution in [0.1, 0.15) is 342 Å². The molecule has 0 aromatic carbocycles. The third-order valence-electron chi connectivity index (χ3n) is 19.2. The number of hydrogen-bond acceptors (Lipinski definition) is 8. The largest absolute Gasteiger partial charge is 0.139 e. The monoisotopic (exact) mass is 1340 g/mol. The van der Waals surface area contributed by atoms with Gasteiger partial charge in [-0.2, -0.15) is 0 Å². The van der Waals surface area contributed by atoms with E-state index in [2.05, 4.69) is 146 Å². The van der Waals surface area contributed by atoms with Gasteiger partial charge >= 0.3 is 0 Å². The molecule has 0 spiro atoms. The normalized spacial score (nSPS) is 12.1. The lowest BCUT2D eigenvalue weighted by molar-refractivity contribution is 0.549. The van der Waals surface area contributed by atoms with Crippen molar-refractivity contribution in [2.24, 2.45) is 0 Å². The Balaban J connectivity index is 0.997. The lowest BCUT2D eigenvalue weighted by Gasteiger charge is -2.05. The van der Waals surface area contributed by atoms with Crippen LogP contribution in [0.3, 0.4) is 0 Å². The summed E-state index contributed by atoms with van der Waals surface area (Å²) in [4.78, 5) is 15.1. The van der Waals surface area contributed by atoms with Crippen molar-refractivity contribution in [2.75, 3.05) is 0 Å². The second-order valence-electron chi connectivity index (χ2n) is 26.9. The molecule has 8 heterocycles. The Morgan fingerprint density at radius 2 is 0.534 bits per heavy atom. The summed E-state index contributed by atoms with van der Waals surface area (Å²) in [5.74, 6) is 0. The fourth-order valence-electron chi connectivity index (χ4n) is 13.8. The first-order valence-electron chi connectivity index (χ1n) is 37.2. The Labute approximate surface area is 571 Å². The molecule has 0 bridgehead atoms. The van der Waals surface area contributed by atoms with Crippen LogP contribution in [0, 0.1) is 13.8 Å². The van der Waals surface area contributed by atoms with Crippen molar-refractivity contribution in [2.45, 2.75) is 350 Å². The molecular formula is C80H120S8. The summed E-state index contributed by atoms with van der Waals surface area (Å²) in [5, 5.41) is 0. The van der Waals surface area contributed by atoms with Crippen molar-refractivity contribution < 1.29 is 0 Å². The highest BCUT2D eigenvalue weighted by Crippen LogP contribution is 2.56. The van der Waals surface area contributed by atoms with Gasteiger partial charge in [-0.15, -0.1) is 90.7 Å². The van der Waals surface area contributed by atoms with Gasteiger partial charge < -0.3 is 0 Å². The van der Waals surface area contributed by atoms with E-state index in [-0.39, 0.29) is 0 Å². The first-order chi connectivity index (χ1) is 43.4. The second-order valence-corrected chi connectivity index (χ2v) is 35.6. The fraction of sp³-hybridized carbons (Fsp3) is 0.675. The number of aryl methyl sites for hydroxylation is 6. The standard InChI is InChI=1S/C80H120S8/c1-7-11-15-19-23-27-31-35-39-43-47-51-63-59-61(5)81-72(63)69-57-55-67(83-69)68-56-58-70(84-68)73-64(52-48-44-40-36-32-28-24-20-16-12-8-2)60-71(85-73)74-66(54-50-46-42-38-34-30-26-22-18-14-10-4)76-78(86-74)80-79(88-76)77-75(87-80)65(62(6)82-77)53-49-45-41-37-33-29-25-21-17-13-9-3/h55-60H,7-54H2,1-6H3. The van der Waals surface area contributed by atoms with Crippen LogP contribution in [-0.4, -0.2) is 0 Å². The third kappa shape index (κ3) is 22.8. The molecule has 0 aliphatic heterocycles. The lowest BCUT2D eigenvalue weighted by atomic mass is 10.0. The zero-order chi connectivity index (χ0) is 61.4. The molecule has 8 rings (SSSR count). The van der Waals surface area contributed by atoms with Gasteiger partial charge in [0, 0.05) is 48.8 Å². The molecule has 8 heteroatoms. The molecule has 88 heavy (non-hydrogen) atoms. The van der Waals surface area contributed by atoms with Gasteiger partial charge in [-0.3, -0.25) is 0 Å². The summed E-state index contributed by atoms with van der Waals surface area (Å²) in [6.07, 6.45) is 66.6. The second kappa shape index (κ2) is 41.9. The molecule has 0 nitrogen and oxygen atoms in total. The molecular weight excluding hydrogens is 1220 g/mol. The molecule has 8 aromatic heterocycles. The first kappa shape index (κ1) is 72.2. The maximum atomic E-state index is 2.72. The highest BCUT2D eigenvalue weighted by atomic mass is 32.1. The van der Waals surface area contributed by atoms with E-state index in [1.807, 2.05) is 22.7 Å². The average Bonchev–Trinajstić information content (AvgIpc) is 1.59. The van der Waals surface area contributed by atoms with Crippen LogP contribution in [0.15, 0.2) is 36.4 Å². The maximum Gasteiger partial charge on any atom is 0.0651 e. The van der Waals surface area contributed by atoms with Gasteiger partial charge in [0.25, 0.3) is 0 Å². The summed E-state index contributed by atoms with van der Waals surface area (Å²) in [7, 11) is 0. The molecule has 0 saturated heterocycles. The molecule has 8 aromatic rings. The highest BCUT2D eigenvalue weighted by Gasteiger charge is 2.26.